The number of aryl methyl sites for hydroxylation is 1. The fourth-order valence-electron chi connectivity index (χ4n) is 1.91. The Balaban J connectivity index is 1.90. The Morgan fingerprint density at radius 2 is 2.00 bits per heavy atom. The van der Waals surface area contributed by atoms with Gasteiger partial charge in [-0.3, -0.25) is 0 Å². The quantitative estimate of drug-likeness (QED) is 0.637. The number of ether oxygens (including phenoxy) is 1. The number of esters is 1. The van der Waals surface area contributed by atoms with Gasteiger partial charge in [0.15, 0.2) is 5.70 Å². The van der Waals surface area contributed by atoms with E-state index in [1.165, 1.54) is 4.88 Å². The third-order valence-electron chi connectivity index (χ3n) is 2.95. The van der Waals surface area contributed by atoms with Crippen LogP contribution in [0.3, 0.4) is 0 Å². The lowest BCUT2D eigenvalue weighted by molar-refractivity contribution is -0.129. The van der Waals surface area contributed by atoms with Crippen LogP contribution in [-0.2, 0) is 16.0 Å². The molecule has 3 nitrogen and oxygen atoms in total. The first-order chi connectivity index (χ1) is 9.76. The molecule has 1 aliphatic heterocycles. The van der Waals surface area contributed by atoms with E-state index in [1.54, 1.807) is 17.4 Å². The van der Waals surface area contributed by atoms with Gasteiger partial charge in [0.2, 0.25) is 5.90 Å². The van der Waals surface area contributed by atoms with Crippen molar-refractivity contribution in [3.05, 3.63) is 63.5 Å². The third-order valence-corrected chi connectivity index (χ3v) is 4.13. The number of thiophene rings is 1. The summed E-state index contributed by atoms with van der Waals surface area (Å²) < 4.78 is 5.21. The average Bonchev–Trinajstić information content (AvgIpc) is 3.08. The summed E-state index contributed by atoms with van der Waals surface area (Å²) in [6.45, 7) is 2.11. The number of hydrogen-bond acceptors (Lipinski definition) is 4. The van der Waals surface area contributed by atoms with Crippen LogP contribution in [0, 0.1) is 0 Å². The van der Waals surface area contributed by atoms with Crippen molar-refractivity contribution in [2.75, 3.05) is 0 Å². The van der Waals surface area contributed by atoms with Gasteiger partial charge in [-0.1, -0.05) is 25.1 Å². The van der Waals surface area contributed by atoms with E-state index in [2.05, 4.69) is 18.0 Å². The minimum atomic E-state index is -0.393. The van der Waals surface area contributed by atoms with Crippen molar-refractivity contribution in [2.45, 2.75) is 13.3 Å². The van der Waals surface area contributed by atoms with Crippen molar-refractivity contribution in [1.82, 2.24) is 0 Å². The second kappa shape index (κ2) is 5.43. The maximum atomic E-state index is 11.8. The fraction of sp³-hybridized carbons (Fsp3) is 0.125. The molecule has 0 spiro atoms. The van der Waals surface area contributed by atoms with E-state index in [4.69, 9.17) is 4.74 Å². The molecule has 20 heavy (non-hydrogen) atoms. The van der Waals surface area contributed by atoms with Gasteiger partial charge in [-0.15, -0.1) is 11.3 Å². The van der Waals surface area contributed by atoms with Gasteiger partial charge in [-0.2, -0.15) is 0 Å². The van der Waals surface area contributed by atoms with E-state index < -0.39 is 5.97 Å². The normalized spacial score (nSPS) is 16.4. The van der Waals surface area contributed by atoms with E-state index in [0.29, 0.717) is 11.6 Å². The summed E-state index contributed by atoms with van der Waals surface area (Å²) in [6, 6.07) is 13.5. The molecule has 0 bridgehead atoms. The zero-order valence-electron chi connectivity index (χ0n) is 11.0. The molecule has 1 aliphatic rings. The molecule has 0 aliphatic carbocycles. The minimum Gasteiger partial charge on any atom is -0.402 e. The number of aliphatic imine (C=N–C) groups is 1. The molecular weight excluding hydrogens is 270 g/mol. The first-order valence-electron chi connectivity index (χ1n) is 6.43. The van der Waals surface area contributed by atoms with Crippen molar-refractivity contribution in [3.63, 3.8) is 0 Å². The molecule has 0 N–H and O–H groups in total. The number of nitrogens with zero attached hydrogens (tertiary/aromatic N) is 1. The molecular formula is C16H13NO2S. The SMILES string of the molecule is CCc1ccc(/C=C2\N=C(c3ccccc3)OC2=O)s1. The van der Waals surface area contributed by atoms with Crippen molar-refractivity contribution in [1.29, 1.82) is 0 Å². The van der Waals surface area contributed by atoms with Crippen LogP contribution in [0.25, 0.3) is 6.08 Å². The molecule has 0 radical (unpaired) electrons. The van der Waals surface area contributed by atoms with Gasteiger partial charge >= 0.3 is 5.97 Å². The molecule has 100 valence electrons. The van der Waals surface area contributed by atoms with Crippen LogP contribution in [0.15, 0.2) is 53.2 Å². The maximum Gasteiger partial charge on any atom is 0.363 e. The second-order valence-electron chi connectivity index (χ2n) is 4.36. The molecule has 1 aromatic heterocycles. The highest BCUT2D eigenvalue weighted by Gasteiger charge is 2.24. The Bertz CT molecular complexity index is 698. The Morgan fingerprint density at radius 3 is 2.70 bits per heavy atom. The zero-order chi connectivity index (χ0) is 13.9. The maximum absolute atomic E-state index is 11.8. The standard InChI is InChI=1S/C16H13NO2S/c1-2-12-8-9-13(20-12)10-14-16(18)19-15(17-14)11-6-4-3-5-7-11/h3-10H,2H2,1H3/b14-10-. The number of cyclic esters (lactones) is 1. The number of rotatable bonds is 3. The van der Waals surface area contributed by atoms with Crippen molar-refractivity contribution in [3.8, 4) is 0 Å². The second-order valence-corrected chi connectivity index (χ2v) is 5.56. The molecule has 1 aromatic carbocycles. The lowest BCUT2D eigenvalue weighted by atomic mass is 10.2. The predicted molar refractivity (Wildman–Crippen MR) is 80.7 cm³/mol. The van der Waals surface area contributed by atoms with Crippen LogP contribution < -0.4 is 0 Å². The van der Waals surface area contributed by atoms with Crippen LogP contribution in [-0.4, -0.2) is 11.9 Å². The molecule has 3 rings (SSSR count). The number of carbonyl (C=O) groups is 1. The van der Waals surface area contributed by atoms with E-state index in [9.17, 15) is 4.79 Å². The molecule has 2 aromatic rings. The van der Waals surface area contributed by atoms with Crippen molar-refractivity contribution in [2.24, 2.45) is 4.99 Å². The Morgan fingerprint density at radius 1 is 1.20 bits per heavy atom. The van der Waals surface area contributed by atoms with Crippen LogP contribution in [0.5, 0.6) is 0 Å². The monoisotopic (exact) mass is 283 g/mol. The van der Waals surface area contributed by atoms with E-state index >= 15 is 0 Å². The van der Waals surface area contributed by atoms with Crippen LogP contribution >= 0.6 is 11.3 Å². The average molecular weight is 283 g/mol. The van der Waals surface area contributed by atoms with Crippen LogP contribution in [0.4, 0.5) is 0 Å². The van der Waals surface area contributed by atoms with Gasteiger partial charge < -0.3 is 4.74 Å². The van der Waals surface area contributed by atoms with Crippen molar-refractivity contribution < 1.29 is 9.53 Å². The summed E-state index contributed by atoms with van der Waals surface area (Å²) in [5.74, 6) is -0.0237. The van der Waals surface area contributed by atoms with E-state index in [-0.39, 0.29) is 0 Å². The highest BCUT2D eigenvalue weighted by atomic mass is 32.1. The summed E-state index contributed by atoms with van der Waals surface area (Å²) >= 11 is 1.67. The minimum absolute atomic E-state index is 0.355. The smallest absolute Gasteiger partial charge is 0.363 e. The number of carbonyl (C=O) groups excluding carboxylic acids is 1. The van der Waals surface area contributed by atoms with Gasteiger partial charge in [-0.25, -0.2) is 9.79 Å². The highest BCUT2D eigenvalue weighted by molar-refractivity contribution is 7.12. The fourth-order valence-corrected chi connectivity index (χ4v) is 2.80. The van der Waals surface area contributed by atoms with Gasteiger partial charge in [0.25, 0.3) is 0 Å². The van der Waals surface area contributed by atoms with Gasteiger partial charge in [-0.05, 0) is 36.8 Å². The molecule has 0 amide bonds. The number of benzene rings is 1. The molecule has 2 heterocycles. The van der Waals surface area contributed by atoms with Crippen molar-refractivity contribution >= 4 is 29.3 Å². The molecule has 0 unspecified atom stereocenters. The Kier molecular flexibility index (Phi) is 3.48. The molecule has 4 heteroatoms. The van der Waals surface area contributed by atoms with Crippen LogP contribution in [0.1, 0.15) is 22.2 Å². The Labute approximate surface area is 121 Å². The third kappa shape index (κ3) is 2.56. The van der Waals surface area contributed by atoms with Gasteiger partial charge in [0, 0.05) is 15.3 Å². The summed E-state index contributed by atoms with van der Waals surface area (Å²) in [4.78, 5) is 18.4. The highest BCUT2D eigenvalue weighted by Crippen LogP contribution is 2.23. The summed E-state index contributed by atoms with van der Waals surface area (Å²) in [6.07, 6.45) is 2.78. The molecule has 0 fully saturated rings. The van der Waals surface area contributed by atoms with Gasteiger partial charge in [0.05, 0.1) is 0 Å². The topological polar surface area (TPSA) is 38.7 Å². The zero-order valence-corrected chi connectivity index (χ0v) is 11.8. The lowest BCUT2D eigenvalue weighted by Gasteiger charge is -1.97. The van der Waals surface area contributed by atoms with E-state index in [0.717, 1.165) is 16.9 Å². The molecule has 0 atom stereocenters. The molecule has 0 saturated carbocycles. The first-order valence-corrected chi connectivity index (χ1v) is 7.24. The first kappa shape index (κ1) is 12.8. The predicted octanol–water partition coefficient (Wildman–Crippen LogP) is 3.66. The van der Waals surface area contributed by atoms with Crippen LogP contribution in [0.2, 0.25) is 0 Å². The Hall–Kier alpha value is -2.20. The number of hydrogen-bond donors (Lipinski definition) is 0. The van der Waals surface area contributed by atoms with Gasteiger partial charge in [0.1, 0.15) is 0 Å². The largest absolute Gasteiger partial charge is 0.402 e. The van der Waals surface area contributed by atoms with E-state index in [1.807, 2.05) is 36.4 Å². The summed E-state index contributed by atoms with van der Waals surface area (Å²) in [5, 5.41) is 0. The molecule has 0 saturated heterocycles. The summed E-state index contributed by atoms with van der Waals surface area (Å²) in [5.41, 5.74) is 1.16. The lowest BCUT2D eigenvalue weighted by Crippen LogP contribution is -2.04. The summed E-state index contributed by atoms with van der Waals surface area (Å²) in [7, 11) is 0.